The Kier molecular flexibility index (Phi) is 2.79. The highest BCUT2D eigenvalue weighted by atomic mass is 14.6. The molecule has 2 aromatic carbocycles. The van der Waals surface area contributed by atoms with Gasteiger partial charge < -0.3 is 17.2 Å². The molecule has 0 radical (unpaired) electrons. The van der Waals surface area contributed by atoms with E-state index >= 15 is 0 Å². The number of rotatable bonds is 2. The fraction of sp³-hybridized carbons (Fsp3) is 0.0769. The van der Waals surface area contributed by atoms with Gasteiger partial charge in [0.15, 0.2) is 0 Å². The van der Waals surface area contributed by atoms with Crippen LogP contribution >= 0.6 is 0 Å². The summed E-state index contributed by atoms with van der Waals surface area (Å²) in [6, 6.07) is 13.5. The van der Waals surface area contributed by atoms with Crippen molar-refractivity contribution in [2.45, 2.75) is 6.54 Å². The predicted octanol–water partition coefficient (Wildman–Crippen LogP) is 1.98. The van der Waals surface area contributed by atoms with Crippen LogP contribution in [0.2, 0.25) is 0 Å². The number of hydrogen-bond acceptors (Lipinski definition) is 3. The van der Waals surface area contributed by atoms with Crippen LogP contribution < -0.4 is 17.2 Å². The zero-order valence-electron chi connectivity index (χ0n) is 8.98. The Balaban J connectivity index is 2.65. The van der Waals surface area contributed by atoms with E-state index in [-0.39, 0.29) is 0 Å². The molecule has 82 valence electrons. The minimum atomic E-state index is 0.413. The third-order valence-corrected chi connectivity index (χ3v) is 2.67. The second-order valence-corrected chi connectivity index (χ2v) is 3.66. The molecule has 3 nitrogen and oxygen atoms in total. The van der Waals surface area contributed by atoms with E-state index in [0.29, 0.717) is 12.2 Å². The molecule has 0 aromatic heterocycles. The van der Waals surface area contributed by atoms with E-state index in [0.717, 1.165) is 22.4 Å². The standard InChI is InChI=1S/C13H15N3/c14-8-11-9(5-3-7-13(11)16)10-4-1-2-6-12(10)15/h1-7H,8,14-16H2. The monoisotopic (exact) mass is 213 g/mol. The van der Waals surface area contributed by atoms with Crippen LogP contribution in [0.4, 0.5) is 11.4 Å². The number of hydrogen-bond donors (Lipinski definition) is 3. The van der Waals surface area contributed by atoms with E-state index in [1.54, 1.807) is 0 Å². The lowest BCUT2D eigenvalue weighted by atomic mass is 9.97. The molecular weight excluding hydrogens is 198 g/mol. The molecule has 0 saturated carbocycles. The first-order chi connectivity index (χ1) is 7.74. The highest BCUT2D eigenvalue weighted by Gasteiger charge is 2.08. The molecule has 0 heterocycles. The van der Waals surface area contributed by atoms with Crippen LogP contribution in [0.5, 0.6) is 0 Å². The van der Waals surface area contributed by atoms with Crippen molar-refractivity contribution < 1.29 is 0 Å². The smallest absolute Gasteiger partial charge is 0.0393 e. The topological polar surface area (TPSA) is 78.1 Å². The van der Waals surface area contributed by atoms with Crippen molar-refractivity contribution in [2.24, 2.45) is 5.73 Å². The minimum Gasteiger partial charge on any atom is -0.398 e. The molecule has 0 spiro atoms. The van der Waals surface area contributed by atoms with Gasteiger partial charge in [0.1, 0.15) is 0 Å². The van der Waals surface area contributed by atoms with E-state index < -0.39 is 0 Å². The zero-order valence-corrected chi connectivity index (χ0v) is 8.98. The highest BCUT2D eigenvalue weighted by molar-refractivity contribution is 5.81. The molecule has 0 amide bonds. The summed E-state index contributed by atoms with van der Waals surface area (Å²) >= 11 is 0. The molecule has 0 fully saturated rings. The number of nitrogen functional groups attached to an aromatic ring is 2. The molecule has 2 aromatic rings. The molecule has 0 atom stereocenters. The van der Waals surface area contributed by atoms with E-state index in [2.05, 4.69) is 0 Å². The van der Waals surface area contributed by atoms with Crippen LogP contribution in [-0.2, 0) is 6.54 Å². The average Bonchev–Trinajstić information content (AvgIpc) is 2.29. The van der Waals surface area contributed by atoms with Gasteiger partial charge in [-0.1, -0.05) is 30.3 Å². The Hall–Kier alpha value is -2.00. The summed E-state index contributed by atoms with van der Waals surface area (Å²) in [5.74, 6) is 0. The maximum absolute atomic E-state index is 5.94. The van der Waals surface area contributed by atoms with Crippen LogP contribution in [0.25, 0.3) is 11.1 Å². The average molecular weight is 213 g/mol. The van der Waals surface area contributed by atoms with Gasteiger partial charge in [0, 0.05) is 23.5 Å². The summed E-state index contributed by atoms with van der Waals surface area (Å²) in [6.07, 6.45) is 0. The molecule has 3 heteroatoms. The van der Waals surface area contributed by atoms with Gasteiger partial charge in [-0.25, -0.2) is 0 Å². The molecule has 0 bridgehead atoms. The summed E-state index contributed by atoms with van der Waals surface area (Å²) in [5.41, 5.74) is 22.0. The van der Waals surface area contributed by atoms with Crippen LogP contribution in [-0.4, -0.2) is 0 Å². The summed E-state index contributed by atoms with van der Waals surface area (Å²) in [4.78, 5) is 0. The maximum atomic E-state index is 5.94. The molecule has 0 aliphatic rings. The lowest BCUT2D eigenvalue weighted by Gasteiger charge is -2.12. The van der Waals surface area contributed by atoms with Gasteiger partial charge in [-0.15, -0.1) is 0 Å². The highest BCUT2D eigenvalue weighted by Crippen LogP contribution is 2.31. The number of para-hydroxylation sites is 1. The van der Waals surface area contributed by atoms with Crippen LogP contribution in [0, 0.1) is 0 Å². The number of benzene rings is 2. The first-order valence-corrected chi connectivity index (χ1v) is 5.16. The van der Waals surface area contributed by atoms with Crippen LogP contribution in [0.3, 0.4) is 0 Å². The first-order valence-electron chi connectivity index (χ1n) is 5.16. The van der Waals surface area contributed by atoms with Crippen molar-refractivity contribution in [1.82, 2.24) is 0 Å². The first kappa shape index (κ1) is 10.5. The molecule has 2 rings (SSSR count). The van der Waals surface area contributed by atoms with Gasteiger partial charge in [-0.05, 0) is 23.3 Å². The van der Waals surface area contributed by atoms with Gasteiger partial charge in [0.2, 0.25) is 0 Å². The van der Waals surface area contributed by atoms with Crippen molar-refractivity contribution in [3.63, 3.8) is 0 Å². The van der Waals surface area contributed by atoms with E-state index in [1.165, 1.54) is 0 Å². The molecule has 6 N–H and O–H groups in total. The van der Waals surface area contributed by atoms with Crippen molar-refractivity contribution >= 4 is 11.4 Å². The Bertz CT molecular complexity index is 506. The Labute approximate surface area is 94.9 Å². The predicted molar refractivity (Wildman–Crippen MR) is 68.6 cm³/mol. The normalized spacial score (nSPS) is 10.3. The lowest BCUT2D eigenvalue weighted by molar-refractivity contribution is 1.08. The second kappa shape index (κ2) is 4.24. The largest absolute Gasteiger partial charge is 0.398 e. The fourth-order valence-corrected chi connectivity index (χ4v) is 1.83. The molecule has 0 aliphatic carbocycles. The van der Waals surface area contributed by atoms with E-state index in [1.807, 2.05) is 42.5 Å². The third-order valence-electron chi connectivity index (χ3n) is 2.67. The second-order valence-electron chi connectivity index (χ2n) is 3.66. The molecule has 0 saturated heterocycles. The number of anilines is 2. The van der Waals surface area contributed by atoms with E-state index in [9.17, 15) is 0 Å². The van der Waals surface area contributed by atoms with Crippen molar-refractivity contribution in [2.75, 3.05) is 11.5 Å². The SMILES string of the molecule is NCc1c(N)cccc1-c1ccccc1N. The van der Waals surface area contributed by atoms with Crippen molar-refractivity contribution in [1.29, 1.82) is 0 Å². The molecule has 16 heavy (non-hydrogen) atoms. The lowest BCUT2D eigenvalue weighted by Crippen LogP contribution is -2.04. The van der Waals surface area contributed by atoms with Gasteiger partial charge in [0.05, 0.1) is 0 Å². The Morgan fingerprint density at radius 2 is 1.38 bits per heavy atom. The van der Waals surface area contributed by atoms with Gasteiger partial charge in [-0.2, -0.15) is 0 Å². The molecule has 0 aliphatic heterocycles. The van der Waals surface area contributed by atoms with Gasteiger partial charge in [0.25, 0.3) is 0 Å². The molecular formula is C13H15N3. The maximum Gasteiger partial charge on any atom is 0.0393 e. The fourth-order valence-electron chi connectivity index (χ4n) is 1.83. The third kappa shape index (κ3) is 1.73. The number of nitrogens with two attached hydrogens (primary N) is 3. The summed E-state index contributed by atoms with van der Waals surface area (Å²) in [6.45, 7) is 0.413. The summed E-state index contributed by atoms with van der Waals surface area (Å²) in [5, 5.41) is 0. The van der Waals surface area contributed by atoms with Gasteiger partial charge >= 0.3 is 0 Å². The van der Waals surface area contributed by atoms with Crippen molar-refractivity contribution in [3.8, 4) is 11.1 Å². The molecule has 0 unspecified atom stereocenters. The van der Waals surface area contributed by atoms with Gasteiger partial charge in [-0.3, -0.25) is 0 Å². The Morgan fingerprint density at radius 1 is 0.750 bits per heavy atom. The van der Waals surface area contributed by atoms with E-state index in [4.69, 9.17) is 17.2 Å². The summed E-state index contributed by atoms with van der Waals surface area (Å²) in [7, 11) is 0. The minimum absolute atomic E-state index is 0.413. The zero-order chi connectivity index (χ0) is 11.5. The van der Waals surface area contributed by atoms with Crippen molar-refractivity contribution in [3.05, 3.63) is 48.0 Å². The Morgan fingerprint density at radius 3 is 2.06 bits per heavy atom. The quantitative estimate of drug-likeness (QED) is 0.667. The van der Waals surface area contributed by atoms with Crippen LogP contribution in [0.15, 0.2) is 42.5 Å². The van der Waals surface area contributed by atoms with Crippen LogP contribution in [0.1, 0.15) is 5.56 Å². The summed E-state index contributed by atoms with van der Waals surface area (Å²) < 4.78 is 0.